The summed E-state index contributed by atoms with van der Waals surface area (Å²) in [7, 11) is 0. The van der Waals surface area contributed by atoms with Crippen LogP contribution >= 0.6 is 0 Å². The summed E-state index contributed by atoms with van der Waals surface area (Å²) in [5.41, 5.74) is 12.0. The van der Waals surface area contributed by atoms with Crippen LogP contribution in [0.3, 0.4) is 0 Å². The fourth-order valence-corrected chi connectivity index (χ4v) is 2.00. The van der Waals surface area contributed by atoms with Gasteiger partial charge in [-0.15, -0.1) is 0 Å². The van der Waals surface area contributed by atoms with Crippen LogP contribution in [0.15, 0.2) is 24.3 Å². The lowest BCUT2D eigenvalue weighted by Gasteiger charge is -2.32. The summed E-state index contributed by atoms with van der Waals surface area (Å²) in [5.74, 6) is -0.117. The fourth-order valence-electron chi connectivity index (χ4n) is 2.00. The molecular formula is C17H29N3O2. The van der Waals surface area contributed by atoms with Crippen LogP contribution in [0.5, 0.6) is 0 Å². The molecule has 0 saturated heterocycles. The summed E-state index contributed by atoms with van der Waals surface area (Å²) in [6.07, 6.45) is 0.775. The molecule has 5 N–H and O–H groups in total. The Bertz CT molecular complexity index is 481. The van der Waals surface area contributed by atoms with E-state index < -0.39 is 5.54 Å². The number of hydrogen-bond donors (Lipinski definition) is 3. The molecule has 5 nitrogen and oxygen atoms in total. The highest BCUT2D eigenvalue weighted by molar-refractivity contribution is 5.94. The summed E-state index contributed by atoms with van der Waals surface area (Å²) >= 11 is 0. The quantitative estimate of drug-likeness (QED) is 0.683. The topological polar surface area (TPSA) is 90.4 Å². The van der Waals surface area contributed by atoms with E-state index in [-0.39, 0.29) is 11.5 Å². The molecular weight excluding hydrogens is 278 g/mol. The molecule has 0 radical (unpaired) electrons. The Morgan fingerprint density at radius 3 is 2.23 bits per heavy atom. The number of hydrogen-bond acceptors (Lipinski definition) is 4. The van der Waals surface area contributed by atoms with Gasteiger partial charge in [-0.3, -0.25) is 4.79 Å². The number of carbonyl (C=O) groups is 1. The van der Waals surface area contributed by atoms with Crippen molar-refractivity contribution in [1.29, 1.82) is 0 Å². The highest BCUT2D eigenvalue weighted by Gasteiger charge is 2.26. The van der Waals surface area contributed by atoms with Gasteiger partial charge in [0.1, 0.15) is 0 Å². The second-order valence-corrected chi connectivity index (χ2v) is 6.83. The molecule has 0 fully saturated rings. The third-order valence-electron chi connectivity index (χ3n) is 3.47. The minimum Gasteiger partial charge on any atom is -0.373 e. The number of benzene rings is 1. The van der Waals surface area contributed by atoms with Crippen molar-refractivity contribution in [2.24, 2.45) is 11.5 Å². The van der Waals surface area contributed by atoms with Crippen LogP contribution in [0.2, 0.25) is 0 Å². The normalized spacial score (nSPS) is 12.3. The van der Waals surface area contributed by atoms with Gasteiger partial charge in [0.25, 0.3) is 5.91 Å². The van der Waals surface area contributed by atoms with Crippen molar-refractivity contribution in [2.75, 3.05) is 13.2 Å². The van der Waals surface area contributed by atoms with Crippen molar-refractivity contribution in [3.05, 3.63) is 35.4 Å². The van der Waals surface area contributed by atoms with E-state index in [1.165, 1.54) is 0 Å². The molecule has 0 saturated carbocycles. The van der Waals surface area contributed by atoms with Crippen molar-refractivity contribution in [2.45, 2.75) is 51.8 Å². The highest BCUT2D eigenvalue weighted by Crippen LogP contribution is 2.17. The number of amides is 1. The first-order valence-corrected chi connectivity index (χ1v) is 7.65. The minimum atomic E-state index is -0.463. The van der Waals surface area contributed by atoms with Gasteiger partial charge in [0, 0.05) is 12.1 Å². The van der Waals surface area contributed by atoms with E-state index in [4.69, 9.17) is 16.2 Å². The molecule has 0 spiro atoms. The first-order chi connectivity index (χ1) is 10.2. The molecule has 0 aromatic heterocycles. The smallest absolute Gasteiger partial charge is 0.251 e. The van der Waals surface area contributed by atoms with Crippen molar-refractivity contribution >= 4 is 5.91 Å². The lowest BCUT2D eigenvalue weighted by atomic mass is 10.0. The maximum Gasteiger partial charge on any atom is 0.251 e. The third-order valence-corrected chi connectivity index (χ3v) is 3.47. The number of rotatable bonds is 8. The van der Waals surface area contributed by atoms with Gasteiger partial charge in [0.15, 0.2) is 0 Å². The van der Waals surface area contributed by atoms with Gasteiger partial charge in [-0.25, -0.2) is 0 Å². The molecule has 22 heavy (non-hydrogen) atoms. The van der Waals surface area contributed by atoms with Crippen LogP contribution in [-0.4, -0.2) is 30.2 Å². The predicted octanol–water partition coefficient (Wildman–Crippen LogP) is 1.80. The van der Waals surface area contributed by atoms with E-state index in [1.54, 1.807) is 12.1 Å². The lowest BCUT2D eigenvalue weighted by Crippen LogP contribution is -2.49. The zero-order valence-corrected chi connectivity index (χ0v) is 14.1. The van der Waals surface area contributed by atoms with Crippen LogP contribution in [0.4, 0.5) is 0 Å². The minimum absolute atomic E-state index is 0.117. The van der Waals surface area contributed by atoms with Gasteiger partial charge in [-0.2, -0.15) is 0 Å². The third kappa shape index (κ3) is 6.13. The van der Waals surface area contributed by atoms with Gasteiger partial charge < -0.3 is 21.5 Å². The van der Waals surface area contributed by atoms with E-state index in [9.17, 15) is 4.79 Å². The van der Waals surface area contributed by atoms with Crippen molar-refractivity contribution in [3.63, 3.8) is 0 Å². The Morgan fingerprint density at radius 1 is 1.14 bits per heavy atom. The maximum absolute atomic E-state index is 12.3. The Kier molecular flexibility index (Phi) is 6.53. The molecule has 124 valence electrons. The number of carbonyl (C=O) groups excluding carboxylic acids is 1. The monoisotopic (exact) mass is 307 g/mol. The maximum atomic E-state index is 12.3. The summed E-state index contributed by atoms with van der Waals surface area (Å²) in [5, 5.41) is 3.00. The Morgan fingerprint density at radius 2 is 1.73 bits per heavy atom. The number of ether oxygens (including phenoxy) is 1. The summed E-state index contributed by atoms with van der Waals surface area (Å²) in [6, 6.07) is 7.30. The molecule has 0 atom stereocenters. The standard InChI is InChI=1S/C17H29N3O2/c1-16(2,12-22-17(3,4)9-10-18)20-15(21)14-7-5-13(11-19)6-8-14/h5-8H,9-12,18-19H2,1-4H3,(H,20,21). The molecule has 1 amide bonds. The Labute approximate surface area is 133 Å². The van der Waals surface area contributed by atoms with Crippen LogP contribution < -0.4 is 16.8 Å². The van der Waals surface area contributed by atoms with Gasteiger partial charge >= 0.3 is 0 Å². The molecule has 0 unspecified atom stereocenters. The van der Waals surface area contributed by atoms with Crippen LogP contribution in [0, 0.1) is 0 Å². The van der Waals surface area contributed by atoms with Gasteiger partial charge in [0.2, 0.25) is 0 Å². The van der Waals surface area contributed by atoms with Gasteiger partial charge in [-0.05, 0) is 58.4 Å². The van der Waals surface area contributed by atoms with E-state index >= 15 is 0 Å². The van der Waals surface area contributed by atoms with Crippen LogP contribution in [0.25, 0.3) is 0 Å². The molecule has 1 aromatic carbocycles. The predicted molar refractivity (Wildman–Crippen MR) is 89.6 cm³/mol. The molecule has 0 aliphatic carbocycles. The molecule has 0 bridgehead atoms. The molecule has 0 aliphatic rings. The molecule has 1 rings (SSSR count). The van der Waals surface area contributed by atoms with Gasteiger partial charge in [-0.1, -0.05) is 12.1 Å². The fraction of sp³-hybridized carbons (Fsp3) is 0.588. The van der Waals surface area contributed by atoms with E-state index in [0.717, 1.165) is 12.0 Å². The number of nitrogens with two attached hydrogens (primary N) is 2. The number of nitrogens with one attached hydrogen (secondary N) is 1. The van der Waals surface area contributed by atoms with Crippen LogP contribution in [-0.2, 0) is 11.3 Å². The zero-order chi connectivity index (χ0) is 16.8. The van der Waals surface area contributed by atoms with Crippen molar-refractivity contribution in [1.82, 2.24) is 5.32 Å². The van der Waals surface area contributed by atoms with Crippen molar-refractivity contribution in [3.8, 4) is 0 Å². The average Bonchev–Trinajstić information content (AvgIpc) is 2.45. The Balaban J connectivity index is 2.60. The Hall–Kier alpha value is -1.43. The van der Waals surface area contributed by atoms with E-state index in [2.05, 4.69) is 5.32 Å². The first kappa shape index (κ1) is 18.6. The molecule has 0 heterocycles. The first-order valence-electron chi connectivity index (χ1n) is 7.65. The summed E-state index contributed by atoms with van der Waals surface area (Å²) in [6.45, 7) is 9.36. The van der Waals surface area contributed by atoms with E-state index in [0.29, 0.717) is 25.3 Å². The molecule has 5 heteroatoms. The summed E-state index contributed by atoms with van der Waals surface area (Å²) < 4.78 is 5.90. The second kappa shape index (κ2) is 7.72. The van der Waals surface area contributed by atoms with Crippen molar-refractivity contribution < 1.29 is 9.53 Å². The molecule has 0 aliphatic heterocycles. The zero-order valence-electron chi connectivity index (χ0n) is 14.1. The highest BCUT2D eigenvalue weighted by atomic mass is 16.5. The average molecular weight is 307 g/mol. The van der Waals surface area contributed by atoms with Gasteiger partial charge in [0.05, 0.1) is 17.7 Å². The van der Waals surface area contributed by atoms with Crippen LogP contribution in [0.1, 0.15) is 50.0 Å². The van der Waals surface area contributed by atoms with E-state index in [1.807, 2.05) is 39.8 Å². The lowest BCUT2D eigenvalue weighted by molar-refractivity contribution is -0.0446. The second-order valence-electron chi connectivity index (χ2n) is 6.83. The summed E-state index contributed by atoms with van der Waals surface area (Å²) in [4.78, 5) is 12.3. The molecule has 1 aromatic rings. The largest absolute Gasteiger partial charge is 0.373 e. The SMILES string of the molecule is CC(C)(COC(C)(C)CCN)NC(=O)c1ccc(CN)cc1.